The molecule has 1 fully saturated rings. The van der Waals surface area contributed by atoms with E-state index >= 15 is 0 Å². The fraction of sp³-hybridized carbons (Fsp3) is 0.700. The van der Waals surface area contributed by atoms with Crippen molar-refractivity contribution in [1.82, 2.24) is 4.72 Å². The van der Waals surface area contributed by atoms with Crippen LogP contribution in [0.15, 0.2) is 12.7 Å². The summed E-state index contributed by atoms with van der Waals surface area (Å²) in [7, 11) is 1.67. The van der Waals surface area contributed by atoms with E-state index in [2.05, 4.69) is 11.3 Å². The number of carbonyl (C=O) groups excluding carboxylic acids is 1. The van der Waals surface area contributed by atoms with Gasteiger partial charge in [-0.2, -0.15) is 0 Å². The lowest BCUT2D eigenvalue weighted by Gasteiger charge is -2.15. The minimum Gasteiger partial charge on any atom is -0.383 e. The van der Waals surface area contributed by atoms with Crippen molar-refractivity contribution in [2.75, 3.05) is 13.7 Å². The average molecular weight is 230 g/mol. The molecule has 15 heavy (non-hydrogen) atoms. The van der Waals surface area contributed by atoms with Crippen LogP contribution in [0.4, 0.5) is 0 Å². The van der Waals surface area contributed by atoms with Crippen LogP contribution in [0.1, 0.15) is 19.3 Å². The zero-order valence-corrected chi connectivity index (χ0v) is 9.81. The van der Waals surface area contributed by atoms with Crippen LogP contribution in [0.5, 0.6) is 0 Å². The fourth-order valence-electron chi connectivity index (χ4n) is 1.20. The van der Waals surface area contributed by atoms with Gasteiger partial charge in [0.05, 0.1) is 17.4 Å². The molecule has 86 valence electrons. The van der Waals surface area contributed by atoms with E-state index in [9.17, 15) is 4.79 Å². The average Bonchev–Trinajstić information content (AvgIpc) is 2.96. The van der Waals surface area contributed by atoms with E-state index in [1.165, 1.54) is 11.9 Å². The molecule has 1 saturated carbocycles. The van der Waals surface area contributed by atoms with Crippen LogP contribution in [0.25, 0.3) is 0 Å². The van der Waals surface area contributed by atoms with E-state index in [0.717, 1.165) is 12.8 Å². The number of nitrogens with one attached hydrogen (secondary N) is 1. The molecule has 1 aliphatic carbocycles. The molecule has 0 aliphatic heterocycles. The molecule has 0 bridgehead atoms. The fourth-order valence-corrected chi connectivity index (χ4v) is 2.15. The van der Waals surface area contributed by atoms with Gasteiger partial charge >= 0.3 is 0 Å². The van der Waals surface area contributed by atoms with Crippen molar-refractivity contribution in [1.29, 1.82) is 0 Å². The Labute approximate surface area is 94.8 Å². The van der Waals surface area contributed by atoms with Gasteiger partial charge in [0.15, 0.2) is 0 Å². The maximum Gasteiger partial charge on any atom is 0.247 e. The van der Waals surface area contributed by atoms with Crippen molar-refractivity contribution in [2.24, 2.45) is 5.73 Å². The van der Waals surface area contributed by atoms with Crippen molar-refractivity contribution in [3.8, 4) is 0 Å². The van der Waals surface area contributed by atoms with E-state index in [1.807, 2.05) is 0 Å². The van der Waals surface area contributed by atoms with E-state index in [4.69, 9.17) is 10.5 Å². The lowest BCUT2D eigenvalue weighted by Crippen LogP contribution is -2.38. The van der Waals surface area contributed by atoms with Gasteiger partial charge in [0.1, 0.15) is 0 Å². The van der Waals surface area contributed by atoms with Crippen LogP contribution in [0, 0.1) is 0 Å². The van der Waals surface area contributed by atoms with Crippen molar-refractivity contribution in [3.63, 3.8) is 0 Å². The Morgan fingerprint density at radius 1 is 1.80 bits per heavy atom. The molecule has 1 unspecified atom stereocenters. The second kappa shape index (κ2) is 5.53. The van der Waals surface area contributed by atoms with E-state index in [0.29, 0.717) is 13.0 Å². The Morgan fingerprint density at radius 3 is 2.93 bits per heavy atom. The van der Waals surface area contributed by atoms with Gasteiger partial charge in [-0.05, 0) is 31.2 Å². The number of methoxy groups -OCH3 is 1. The Hall–Kier alpha value is -0.520. The molecule has 5 heteroatoms. The van der Waals surface area contributed by atoms with Crippen molar-refractivity contribution in [2.45, 2.75) is 30.1 Å². The van der Waals surface area contributed by atoms with Gasteiger partial charge in [0.25, 0.3) is 0 Å². The first-order valence-electron chi connectivity index (χ1n) is 4.97. The number of rotatable bonds is 7. The number of hydrogen-bond acceptors (Lipinski definition) is 4. The summed E-state index contributed by atoms with van der Waals surface area (Å²) in [6.45, 7) is 4.22. The Morgan fingerprint density at radius 2 is 2.47 bits per heavy atom. The zero-order valence-electron chi connectivity index (χ0n) is 8.99. The molecular weight excluding hydrogens is 212 g/mol. The molecule has 0 aromatic carbocycles. The molecule has 1 atom stereocenters. The molecule has 0 aromatic rings. The maximum atomic E-state index is 11.5. The van der Waals surface area contributed by atoms with Gasteiger partial charge in [-0.1, -0.05) is 6.08 Å². The summed E-state index contributed by atoms with van der Waals surface area (Å²) < 4.78 is 7.97. The molecule has 0 saturated heterocycles. The first-order chi connectivity index (χ1) is 7.13. The Balaban J connectivity index is 2.24. The molecule has 1 rings (SSSR count). The second-order valence-electron chi connectivity index (χ2n) is 3.82. The first kappa shape index (κ1) is 12.5. The summed E-state index contributed by atoms with van der Waals surface area (Å²) >= 11 is 1.44. The number of amides is 1. The molecular formula is C10H18N2O2S. The second-order valence-corrected chi connectivity index (χ2v) is 5.09. The molecule has 0 radical (unpaired) electrons. The third-order valence-electron chi connectivity index (χ3n) is 2.34. The highest BCUT2D eigenvalue weighted by atomic mass is 32.2. The van der Waals surface area contributed by atoms with Crippen molar-refractivity contribution >= 4 is 17.9 Å². The van der Waals surface area contributed by atoms with Crippen LogP contribution in [-0.4, -0.2) is 30.4 Å². The first-order valence-corrected chi connectivity index (χ1v) is 5.78. The third-order valence-corrected chi connectivity index (χ3v) is 3.60. The Bertz CT molecular complexity index is 242. The number of hydrogen-bond donors (Lipinski definition) is 2. The highest BCUT2D eigenvalue weighted by Crippen LogP contribution is 2.47. The highest BCUT2D eigenvalue weighted by Gasteiger charge is 2.44. The zero-order chi connectivity index (χ0) is 11.3. The predicted octanol–water partition coefficient (Wildman–Crippen LogP) is 0.833. The topological polar surface area (TPSA) is 64.4 Å². The standard InChI is InChI=1S/C10H18N2O2S/c1-3-4-8(11)9(13)12-15-10(5-6-10)7-14-2/h3,8H,1,4-7,11H2,2H3,(H,12,13). The largest absolute Gasteiger partial charge is 0.383 e. The summed E-state index contributed by atoms with van der Waals surface area (Å²) in [4.78, 5) is 11.5. The van der Waals surface area contributed by atoms with Crippen LogP contribution in [0.3, 0.4) is 0 Å². The third kappa shape index (κ3) is 3.85. The van der Waals surface area contributed by atoms with Crippen LogP contribution >= 0.6 is 11.9 Å². The van der Waals surface area contributed by atoms with Gasteiger partial charge in [-0.3, -0.25) is 9.52 Å². The lowest BCUT2D eigenvalue weighted by molar-refractivity contribution is -0.120. The summed E-state index contributed by atoms with van der Waals surface area (Å²) in [6, 6.07) is -0.492. The van der Waals surface area contributed by atoms with Gasteiger partial charge in [0, 0.05) is 7.11 Å². The molecule has 3 N–H and O–H groups in total. The molecule has 0 heterocycles. The molecule has 4 nitrogen and oxygen atoms in total. The number of ether oxygens (including phenoxy) is 1. The number of nitrogens with two attached hydrogens (primary N) is 1. The molecule has 0 spiro atoms. The van der Waals surface area contributed by atoms with Crippen LogP contribution < -0.4 is 10.5 Å². The quantitative estimate of drug-likeness (QED) is 0.502. The van der Waals surface area contributed by atoms with Gasteiger partial charge in [-0.15, -0.1) is 6.58 Å². The molecule has 1 amide bonds. The van der Waals surface area contributed by atoms with Gasteiger partial charge < -0.3 is 10.5 Å². The van der Waals surface area contributed by atoms with E-state index in [-0.39, 0.29) is 10.7 Å². The minimum atomic E-state index is -0.492. The van der Waals surface area contributed by atoms with Crippen molar-refractivity contribution in [3.05, 3.63) is 12.7 Å². The summed E-state index contributed by atoms with van der Waals surface area (Å²) in [6.07, 6.45) is 4.32. The van der Waals surface area contributed by atoms with E-state index in [1.54, 1.807) is 13.2 Å². The van der Waals surface area contributed by atoms with Crippen LogP contribution in [-0.2, 0) is 9.53 Å². The van der Waals surface area contributed by atoms with Crippen molar-refractivity contribution < 1.29 is 9.53 Å². The molecule has 0 aromatic heterocycles. The maximum absolute atomic E-state index is 11.5. The normalized spacial score (nSPS) is 19.3. The monoisotopic (exact) mass is 230 g/mol. The summed E-state index contributed by atoms with van der Waals surface area (Å²) in [5, 5.41) is 0. The van der Waals surface area contributed by atoms with Gasteiger partial charge in [0.2, 0.25) is 5.91 Å². The summed E-state index contributed by atoms with van der Waals surface area (Å²) in [5.74, 6) is -0.137. The predicted molar refractivity (Wildman–Crippen MR) is 62.4 cm³/mol. The SMILES string of the molecule is C=CCC(N)C(=O)NSC1(COC)CC1. The Kier molecular flexibility index (Phi) is 4.63. The highest BCUT2D eigenvalue weighted by molar-refractivity contribution is 7.99. The summed E-state index contributed by atoms with van der Waals surface area (Å²) in [5.41, 5.74) is 5.62. The number of carbonyl (C=O) groups is 1. The van der Waals surface area contributed by atoms with E-state index < -0.39 is 6.04 Å². The minimum absolute atomic E-state index is 0.0955. The van der Waals surface area contributed by atoms with Crippen LogP contribution in [0.2, 0.25) is 0 Å². The van der Waals surface area contributed by atoms with Gasteiger partial charge in [-0.25, -0.2) is 0 Å². The molecule has 1 aliphatic rings. The smallest absolute Gasteiger partial charge is 0.247 e. The lowest BCUT2D eigenvalue weighted by atomic mass is 10.2.